The molecule has 2 aliphatic heterocycles. The van der Waals surface area contributed by atoms with Crippen molar-refractivity contribution < 1.29 is 33.6 Å². The highest BCUT2D eigenvalue weighted by molar-refractivity contribution is 6.46. The summed E-state index contributed by atoms with van der Waals surface area (Å²) in [5.74, 6) is 0.190. The van der Waals surface area contributed by atoms with E-state index in [1.165, 1.54) is 0 Å². The summed E-state index contributed by atoms with van der Waals surface area (Å²) < 4.78 is 22.0. The van der Waals surface area contributed by atoms with Gasteiger partial charge < -0.3 is 29.0 Å². The lowest BCUT2D eigenvalue weighted by Crippen LogP contribution is -2.42. The van der Waals surface area contributed by atoms with Gasteiger partial charge in [-0.1, -0.05) is 24.3 Å². The lowest BCUT2D eigenvalue weighted by Gasteiger charge is -2.31. The molecule has 2 saturated heterocycles. The molecular formula is C31H34N2O7. The molecule has 2 heterocycles. The molecule has 0 bridgehead atoms. The molecule has 210 valence electrons. The van der Waals surface area contributed by atoms with Gasteiger partial charge in [-0.25, -0.2) is 0 Å². The van der Waals surface area contributed by atoms with Crippen molar-refractivity contribution in [3.63, 3.8) is 0 Å². The number of benzene rings is 3. The number of ketones is 1. The highest BCUT2D eigenvalue weighted by Gasteiger charge is 2.46. The van der Waals surface area contributed by atoms with E-state index in [0.29, 0.717) is 55.5 Å². The number of nitrogens with zero attached hydrogens (tertiary/aromatic N) is 2. The Hall–Kier alpha value is -4.08. The standard InChI is InChI=1S/C31H34N2O7/c1-4-40-25-10-8-22(19-26(25)38-3)28-27(30(35)31(36)33(28)12-11-32-13-15-39-16-14-32)29(34)23-6-5-21-18-24(37-2)9-7-20(21)17-23/h5-10,17-19,28,34H,4,11-16H2,1-3H3/b29-27+. The van der Waals surface area contributed by atoms with Crippen LogP contribution in [0.25, 0.3) is 16.5 Å². The van der Waals surface area contributed by atoms with Crippen LogP contribution in [0.2, 0.25) is 0 Å². The first-order valence-corrected chi connectivity index (χ1v) is 13.4. The molecule has 3 aromatic rings. The quantitative estimate of drug-likeness (QED) is 0.244. The van der Waals surface area contributed by atoms with Crippen molar-refractivity contribution in [3.05, 3.63) is 71.3 Å². The van der Waals surface area contributed by atoms with E-state index in [4.69, 9.17) is 18.9 Å². The van der Waals surface area contributed by atoms with Gasteiger partial charge in [-0.3, -0.25) is 14.5 Å². The largest absolute Gasteiger partial charge is 0.507 e. The Labute approximate surface area is 233 Å². The smallest absolute Gasteiger partial charge is 0.295 e. The van der Waals surface area contributed by atoms with Crippen LogP contribution in [0.15, 0.2) is 60.2 Å². The average Bonchev–Trinajstić information content (AvgIpc) is 3.25. The maximum Gasteiger partial charge on any atom is 0.295 e. The van der Waals surface area contributed by atoms with Crippen LogP contribution in [0.4, 0.5) is 0 Å². The first-order chi connectivity index (χ1) is 19.4. The number of hydrogen-bond donors (Lipinski definition) is 1. The molecule has 40 heavy (non-hydrogen) atoms. The SMILES string of the molecule is CCOc1ccc(C2/C(=C(\O)c3ccc4cc(OC)ccc4c3)C(=O)C(=O)N2CCN2CCOCC2)cc1OC. The van der Waals surface area contributed by atoms with Crippen molar-refractivity contribution in [1.29, 1.82) is 0 Å². The summed E-state index contributed by atoms with van der Waals surface area (Å²) in [6, 6.07) is 15.6. The molecule has 0 radical (unpaired) electrons. The fraction of sp³-hybridized carbons (Fsp3) is 0.355. The molecule has 2 aliphatic rings. The van der Waals surface area contributed by atoms with Crippen molar-refractivity contribution in [2.24, 2.45) is 0 Å². The number of hydrogen-bond acceptors (Lipinski definition) is 8. The number of rotatable bonds is 9. The molecule has 9 heteroatoms. The molecule has 2 fully saturated rings. The van der Waals surface area contributed by atoms with Crippen molar-refractivity contribution in [3.8, 4) is 17.2 Å². The number of fused-ring (bicyclic) bond motifs is 1. The summed E-state index contributed by atoms with van der Waals surface area (Å²) in [6.07, 6.45) is 0. The van der Waals surface area contributed by atoms with E-state index >= 15 is 0 Å². The van der Waals surface area contributed by atoms with Gasteiger partial charge in [0.05, 0.1) is 45.7 Å². The zero-order valence-corrected chi connectivity index (χ0v) is 23.0. The van der Waals surface area contributed by atoms with Crippen LogP contribution in [-0.2, 0) is 14.3 Å². The van der Waals surface area contributed by atoms with Gasteiger partial charge in [0, 0.05) is 31.7 Å². The number of aliphatic hydroxyl groups is 1. The number of carbonyl (C=O) groups excluding carboxylic acids is 2. The fourth-order valence-electron chi connectivity index (χ4n) is 5.31. The molecule has 0 spiro atoms. The Bertz CT molecular complexity index is 1440. The minimum Gasteiger partial charge on any atom is -0.507 e. The third-order valence-electron chi connectivity index (χ3n) is 7.42. The summed E-state index contributed by atoms with van der Waals surface area (Å²) >= 11 is 0. The van der Waals surface area contributed by atoms with Gasteiger partial charge >= 0.3 is 0 Å². The summed E-state index contributed by atoms with van der Waals surface area (Å²) in [7, 11) is 3.15. The molecule has 1 unspecified atom stereocenters. The third-order valence-corrected chi connectivity index (χ3v) is 7.42. The molecule has 0 saturated carbocycles. The summed E-state index contributed by atoms with van der Waals surface area (Å²) in [6.45, 7) is 6.02. The Morgan fingerprint density at radius 3 is 2.40 bits per heavy atom. The van der Waals surface area contributed by atoms with E-state index in [-0.39, 0.29) is 11.3 Å². The predicted octanol–water partition coefficient (Wildman–Crippen LogP) is 4.01. The Morgan fingerprint density at radius 1 is 0.925 bits per heavy atom. The number of likely N-dealkylation sites (tertiary alicyclic amines) is 1. The second kappa shape index (κ2) is 12.0. The van der Waals surface area contributed by atoms with E-state index in [9.17, 15) is 14.7 Å². The van der Waals surface area contributed by atoms with Gasteiger partial charge in [0.1, 0.15) is 11.5 Å². The normalized spacial score (nSPS) is 19.3. The molecule has 3 aromatic carbocycles. The van der Waals surface area contributed by atoms with Crippen LogP contribution in [0, 0.1) is 0 Å². The topological polar surface area (TPSA) is 97.8 Å². The zero-order chi connectivity index (χ0) is 28.2. The van der Waals surface area contributed by atoms with Crippen LogP contribution in [-0.4, -0.2) is 86.8 Å². The van der Waals surface area contributed by atoms with Gasteiger partial charge in [-0.2, -0.15) is 0 Å². The van der Waals surface area contributed by atoms with Crippen molar-refractivity contribution in [2.45, 2.75) is 13.0 Å². The lowest BCUT2D eigenvalue weighted by atomic mass is 9.94. The van der Waals surface area contributed by atoms with Crippen molar-refractivity contribution in [2.75, 3.05) is 60.2 Å². The first-order valence-electron chi connectivity index (χ1n) is 13.4. The van der Waals surface area contributed by atoms with Crippen molar-refractivity contribution >= 4 is 28.2 Å². The van der Waals surface area contributed by atoms with Gasteiger partial charge in [0.15, 0.2) is 11.5 Å². The van der Waals surface area contributed by atoms with Gasteiger partial charge in [0.2, 0.25) is 0 Å². The highest BCUT2D eigenvalue weighted by Crippen LogP contribution is 2.42. The first kappa shape index (κ1) is 27.5. The van der Waals surface area contributed by atoms with E-state index < -0.39 is 17.7 Å². The van der Waals surface area contributed by atoms with Crippen molar-refractivity contribution in [1.82, 2.24) is 9.80 Å². The predicted molar refractivity (Wildman–Crippen MR) is 151 cm³/mol. The Morgan fingerprint density at radius 2 is 1.68 bits per heavy atom. The van der Waals surface area contributed by atoms with Crippen LogP contribution in [0.5, 0.6) is 17.2 Å². The Kier molecular flexibility index (Phi) is 8.23. The number of Topliss-reactive ketones (excluding diaryl/α,β-unsaturated/α-hetero) is 1. The second-order valence-electron chi connectivity index (χ2n) is 9.72. The number of amides is 1. The molecule has 1 amide bonds. The van der Waals surface area contributed by atoms with Crippen LogP contribution in [0.1, 0.15) is 24.1 Å². The van der Waals surface area contributed by atoms with E-state index in [0.717, 1.165) is 29.6 Å². The molecule has 1 N–H and O–H groups in total. The minimum absolute atomic E-state index is 0.0473. The number of carbonyl (C=O) groups is 2. The minimum atomic E-state index is -0.794. The summed E-state index contributed by atoms with van der Waals surface area (Å²) in [5.41, 5.74) is 1.14. The summed E-state index contributed by atoms with van der Waals surface area (Å²) in [4.78, 5) is 30.7. The maximum atomic E-state index is 13.5. The van der Waals surface area contributed by atoms with E-state index in [1.807, 2.05) is 37.3 Å². The number of aliphatic hydroxyl groups excluding tert-OH is 1. The average molecular weight is 547 g/mol. The lowest BCUT2D eigenvalue weighted by molar-refractivity contribution is -0.140. The number of ether oxygens (including phenoxy) is 4. The Balaban J connectivity index is 1.58. The zero-order valence-electron chi connectivity index (χ0n) is 23.0. The molecular weight excluding hydrogens is 512 g/mol. The monoisotopic (exact) mass is 546 g/mol. The molecule has 5 rings (SSSR count). The van der Waals surface area contributed by atoms with Crippen LogP contribution >= 0.6 is 0 Å². The van der Waals surface area contributed by atoms with E-state index in [2.05, 4.69) is 4.90 Å². The number of methoxy groups -OCH3 is 2. The van der Waals surface area contributed by atoms with Crippen LogP contribution < -0.4 is 14.2 Å². The molecule has 9 nitrogen and oxygen atoms in total. The van der Waals surface area contributed by atoms with Crippen LogP contribution in [0.3, 0.4) is 0 Å². The molecule has 1 atom stereocenters. The van der Waals surface area contributed by atoms with Gasteiger partial charge in [0.25, 0.3) is 11.7 Å². The highest BCUT2D eigenvalue weighted by atomic mass is 16.5. The summed E-state index contributed by atoms with van der Waals surface area (Å²) in [5, 5.41) is 13.4. The third kappa shape index (κ3) is 5.35. The maximum absolute atomic E-state index is 13.5. The fourth-order valence-corrected chi connectivity index (χ4v) is 5.31. The van der Waals surface area contributed by atoms with Gasteiger partial charge in [-0.05, 0) is 53.6 Å². The number of morpholine rings is 1. The molecule has 0 aromatic heterocycles. The van der Waals surface area contributed by atoms with E-state index in [1.54, 1.807) is 43.4 Å². The molecule has 0 aliphatic carbocycles. The van der Waals surface area contributed by atoms with Gasteiger partial charge in [-0.15, -0.1) is 0 Å². The second-order valence-corrected chi connectivity index (χ2v) is 9.72.